The molecule has 1 amide bonds. The van der Waals surface area contributed by atoms with Gasteiger partial charge < -0.3 is 15.1 Å². The Morgan fingerprint density at radius 1 is 0.769 bits per heavy atom. The summed E-state index contributed by atoms with van der Waals surface area (Å²) in [6, 6.07) is 17.9. The average molecular weight is 857 g/mol. The number of halogens is 6. The zero-order chi connectivity index (χ0) is 38.1. The number of alkyl halides is 4. The van der Waals surface area contributed by atoms with Crippen LogP contribution in [0.25, 0.3) is 0 Å². The van der Waals surface area contributed by atoms with E-state index in [1.807, 2.05) is 43.3 Å². The quantitative estimate of drug-likeness (QED) is 0.112. The fraction of sp³-hybridized carbons (Fsp3) is 0.513. The van der Waals surface area contributed by atoms with Gasteiger partial charge in [-0.05, 0) is 68.5 Å². The minimum absolute atomic E-state index is 0.0542. The van der Waals surface area contributed by atoms with Crippen LogP contribution < -0.4 is 15.1 Å². The molecular formula is C39H48Br2F4N4O3. The first kappa shape index (κ1) is 41.6. The number of nitro groups is 1. The second-order valence-corrected chi connectivity index (χ2v) is 16.1. The lowest BCUT2D eigenvalue weighted by Gasteiger charge is -2.38. The topological polar surface area (TPSA) is 78.7 Å². The summed E-state index contributed by atoms with van der Waals surface area (Å²) in [5.41, 5.74) is 3.42. The van der Waals surface area contributed by atoms with Crippen LogP contribution in [0.5, 0.6) is 0 Å². The third-order valence-electron chi connectivity index (χ3n) is 9.40. The molecule has 2 fully saturated rings. The number of benzene rings is 3. The van der Waals surface area contributed by atoms with Gasteiger partial charge in [-0.2, -0.15) is 0 Å². The van der Waals surface area contributed by atoms with Gasteiger partial charge in [-0.1, -0.05) is 100 Å². The maximum absolute atomic E-state index is 14.1. The molecule has 0 heterocycles. The number of carbonyl (C=O) groups excluding carboxylic acids is 1. The van der Waals surface area contributed by atoms with E-state index in [9.17, 15) is 32.5 Å². The highest BCUT2D eigenvalue weighted by Gasteiger charge is 2.34. The van der Waals surface area contributed by atoms with Crippen molar-refractivity contribution in [3.05, 3.63) is 90.9 Å². The first-order chi connectivity index (χ1) is 24.5. The molecule has 2 saturated carbocycles. The molecule has 3 aromatic carbocycles. The molecule has 284 valence electrons. The van der Waals surface area contributed by atoms with Crippen LogP contribution in [0.3, 0.4) is 0 Å². The predicted molar refractivity (Wildman–Crippen MR) is 208 cm³/mol. The van der Waals surface area contributed by atoms with E-state index in [1.54, 1.807) is 23.1 Å². The molecule has 0 bridgehead atoms. The van der Waals surface area contributed by atoms with E-state index in [0.29, 0.717) is 15.8 Å². The van der Waals surface area contributed by atoms with E-state index in [4.69, 9.17) is 0 Å². The number of hydrogen-bond acceptors (Lipinski definition) is 5. The maximum atomic E-state index is 14.1. The van der Waals surface area contributed by atoms with Crippen LogP contribution in [-0.2, 0) is 11.2 Å². The Morgan fingerprint density at radius 2 is 1.23 bits per heavy atom. The molecule has 0 aromatic heterocycles. The minimum atomic E-state index is -2.90. The Balaban J connectivity index is 0.000000244. The van der Waals surface area contributed by atoms with Gasteiger partial charge in [-0.25, -0.2) is 17.6 Å². The molecule has 0 spiro atoms. The van der Waals surface area contributed by atoms with Crippen molar-refractivity contribution >= 4 is 60.5 Å². The summed E-state index contributed by atoms with van der Waals surface area (Å²) in [5.74, 6) is -5.89. The number of anilines is 3. The van der Waals surface area contributed by atoms with Crippen molar-refractivity contribution in [1.29, 1.82) is 0 Å². The average Bonchev–Trinajstić information content (AvgIpc) is 3.08. The van der Waals surface area contributed by atoms with Crippen LogP contribution in [0, 0.1) is 17.0 Å². The van der Waals surface area contributed by atoms with Gasteiger partial charge in [-0.15, -0.1) is 0 Å². The number of nitrogens with one attached hydrogen (secondary N) is 1. The summed E-state index contributed by atoms with van der Waals surface area (Å²) in [5, 5.41) is 14.3. The second-order valence-electron chi connectivity index (χ2n) is 14.2. The predicted octanol–water partition coefficient (Wildman–Crippen LogP) is 11.9. The van der Waals surface area contributed by atoms with Crippen molar-refractivity contribution < 1.29 is 27.3 Å². The Labute approximate surface area is 320 Å². The van der Waals surface area contributed by atoms with E-state index in [0.717, 1.165) is 93.7 Å². The summed E-state index contributed by atoms with van der Waals surface area (Å²) >= 11 is 6.65. The Hall–Kier alpha value is -3.19. The first-order valence-electron chi connectivity index (χ1n) is 17.9. The van der Waals surface area contributed by atoms with E-state index >= 15 is 0 Å². The molecule has 52 heavy (non-hydrogen) atoms. The highest BCUT2D eigenvalue weighted by atomic mass is 79.9. The third kappa shape index (κ3) is 13.0. The van der Waals surface area contributed by atoms with Gasteiger partial charge >= 0.3 is 0 Å². The number of amides is 1. The summed E-state index contributed by atoms with van der Waals surface area (Å²) in [6.45, 7) is 2.95. The molecule has 7 nitrogen and oxygen atoms in total. The molecule has 5 rings (SSSR count). The number of aryl methyl sites for hydroxylation is 1. The maximum Gasteiger partial charge on any atom is 0.293 e. The van der Waals surface area contributed by atoms with Crippen molar-refractivity contribution in [2.45, 2.75) is 115 Å². The highest BCUT2D eigenvalue weighted by molar-refractivity contribution is 9.10. The van der Waals surface area contributed by atoms with Gasteiger partial charge in [0.15, 0.2) is 0 Å². The van der Waals surface area contributed by atoms with Crippen molar-refractivity contribution in [3.63, 3.8) is 0 Å². The SMILES string of the molecule is CC(F)(F)CN(c1ccc(Br)cc1[N+](=O)[O-])C1CCCCC1.Cc1ccc(CC(=O)Nc2cc(Br)ccc2N(CC(C)(F)F)C2CCCCC2)cc1. The van der Waals surface area contributed by atoms with Gasteiger partial charge in [0.05, 0.1) is 35.8 Å². The smallest absolute Gasteiger partial charge is 0.293 e. The number of nitro benzene ring substituents is 1. The fourth-order valence-electron chi connectivity index (χ4n) is 7.04. The molecule has 0 atom stereocenters. The molecule has 0 radical (unpaired) electrons. The fourth-order valence-corrected chi connectivity index (χ4v) is 7.75. The monoisotopic (exact) mass is 854 g/mol. The van der Waals surface area contributed by atoms with Gasteiger partial charge in [0.1, 0.15) is 5.69 Å². The molecule has 0 aliphatic heterocycles. The second kappa shape index (κ2) is 18.7. The molecule has 0 unspecified atom stereocenters. The van der Waals surface area contributed by atoms with E-state index in [1.165, 1.54) is 11.0 Å². The Morgan fingerprint density at radius 3 is 1.71 bits per heavy atom. The van der Waals surface area contributed by atoms with Crippen LogP contribution in [0.4, 0.5) is 40.3 Å². The summed E-state index contributed by atoms with van der Waals surface area (Å²) < 4.78 is 56.7. The van der Waals surface area contributed by atoms with Gasteiger partial charge in [-0.3, -0.25) is 14.9 Å². The molecule has 1 N–H and O–H groups in total. The molecular weight excluding hydrogens is 808 g/mol. The number of nitrogens with zero attached hydrogens (tertiary/aromatic N) is 3. The van der Waals surface area contributed by atoms with Crippen LogP contribution in [-0.4, -0.2) is 47.8 Å². The summed E-state index contributed by atoms with van der Waals surface area (Å²) in [4.78, 5) is 26.8. The first-order valence-corrected chi connectivity index (χ1v) is 19.5. The number of hydrogen-bond donors (Lipinski definition) is 1. The third-order valence-corrected chi connectivity index (χ3v) is 10.4. The van der Waals surface area contributed by atoms with Crippen molar-refractivity contribution in [1.82, 2.24) is 0 Å². The van der Waals surface area contributed by atoms with Crippen LogP contribution in [0.1, 0.15) is 89.2 Å². The molecule has 3 aromatic rings. The van der Waals surface area contributed by atoms with Crippen molar-refractivity contribution in [2.24, 2.45) is 0 Å². The Bertz CT molecular complexity index is 1640. The number of rotatable bonds is 12. The highest BCUT2D eigenvalue weighted by Crippen LogP contribution is 2.38. The van der Waals surface area contributed by atoms with Gasteiger partial charge in [0.2, 0.25) is 5.91 Å². The van der Waals surface area contributed by atoms with E-state index in [-0.39, 0.29) is 42.3 Å². The Kier molecular flexibility index (Phi) is 15.0. The lowest BCUT2D eigenvalue weighted by molar-refractivity contribution is -0.384. The lowest BCUT2D eigenvalue weighted by atomic mass is 9.93. The standard InChI is InChI=1S/C24H29BrF2N2O.C15H19BrF2N2O2/c1-17-8-10-18(11-9-17)14-23(30)28-21-15-19(25)12-13-22(21)29(16-24(2,26)27)20-6-4-3-5-7-20;1-15(17,18)10-19(12-5-3-2-4-6-12)13-8-7-11(16)9-14(13)20(21)22/h8-13,15,20H,3-7,14,16H2,1-2H3,(H,28,30);7-9,12H,2-6,10H2,1H3. The summed E-state index contributed by atoms with van der Waals surface area (Å²) in [7, 11) is 0. The minimum Gasteiger partial charge on any atom is -0.361 e. The largest absolute Gasteiger partial charge is 0.361 e. The zero-order valence-corrected chi connectivity index (χ0v) is 33.1. The van der Waals surface area contributed by atoms with Gasteiger partial charge in [0.25, 0.3) is 17.5 Å². The normalized spacial score (nSPS) is 15.7. The van der Waals surface area contributed by atoms with E-state index < -0.39 is 23.3 Å². The molecule has 2 aliphatic carbocycles. The van der Waals surface area contributed by atoms with Crippen LogP contribution >= 0.6 is 31.9 Å². The van der Waals surface area contributed by atoms with E-state index in [2.05, 4.69) is 37.2 Å². The zero-order valence-electron chi connectivity index (χ0n) is 30.0. The number of carbonyl (C=O) groups is 1. The van der Waals surface area contributed by atoms with Crippen molar-refractivity contribution in [3.8, 4) is 0 Å². The summed E-state index contributed by atoms with van der Waals surface area (Å²) in [6.07, 6.45) is 9.88. The van der Waals surface area contributed by atoms with Gasteiger partial charge in [0, 0.05) is 40.9 Å². The molecule has 13 heteroatoms. The lowest BCUT2D eigenvalue weighted by Crippen LogP contribution is -2.43. The van der Waals surface area contributed by atoms with Crippen LogP contribution in [0.15, 0.2) is 69.6 Å². The van der Waals surface area contributed by atoms with Crippen LogP contribution in [0.2, 0.25) is 0 Å². The molecule has 0 saturated heterocycles. The van der Waals surface area contributed by atoms with Crippen molar-refractivity contribution in [2.75, 3.05) is 28.2 Å². The molecule has 2 aliphatic rings.